The van der Waals surface area contributed by atoms with Crippen LogP contribution in [0.25, 0.3) is 0 Å². The van der Waals surface area contributed by atoms with Crippen molar-refractivity contribution in [3.63, 3.8) is 0 Å². The van der Waals surface area contributed by atoms with Crippen molar-refractivity contribution in [2.75, 3.05) is 0 Å². The molecule has 1 aliphatic carbocycles. The van der Waals surface area contributed by atoms with Gasteiger partial charge in [0.25, 0.3) is 0 Å². The summed E-state index contributed by atoms with van der Waals surface area (Å²) in [5, 5.41) is 0. The Bertz CT molecular complexity index is 685. The van der Waals surface area contributed by atoms with Crippen LogP contribution in [0.5, 0.6) is 0 Å². The van der Waals surface area contributed by atoms with Crippen LogP contribution in [0.1, 0.15) is 24.0 Å². The highest BCUT2D eigenvalue weighted by Crippen LogP contribution is 2.48. The number of hydrogen-bond donors (Lipinski definition) is 0. The lowest BCUT2D eigenvalue weighted by Gasteiger charge is -2.13. The lowest BCUT2D eigenvalue weighted by atomic mass is 9.88. The highest BCUT2D eigenvalue weighted by Gasteiger charge is 2.54. The second-order valence-corrected chi connectivity index (χ2v) is 5.89. The predicted octanol–water partition coefficient (Wildman–Crippen LogP) is 3.53. The average Bonchev–Trinajstić information content (AvgIpc) is 3.32. The molecule has 0 bridgehead atoms. The molecular weight excluding hydrogens is 279 g/mol. The van der Waals surface area contributed by atoms with Gasteiger partial charge in [-0.05, 0) is 36.1 Å². The van der Waals surface area contributed by atoms with Gasteiger partial charge in [-0.25, -0.2) is 4.39 Å². The van der Waals surface area contributed by atoms with Crippen molar-refractivity contribution in [3.8, 4) is 0 Å². The zero-order chi connectivity index (χ0) is 15.6. The van der Waals surface area contributed by atoms with Crippen molar-refractivity contribution < 1.29 is 14.0 Å². The fourth-order valence-electron chi connectivity index (χ4n) is 2.75. The highest BCUT2D eigenvalue weighted by atomic mass is 19.1. The van der Waals surface area contributed by atoms with Gasteiger partial charge in [0.05, 0.1) is 5.41 Å². The van der Waals surface area contributed by atoms with Crippen LogP contribution >= 0.6 is 0 Å². The minimum absolute atomic E-state index is 0.00538. The van der Waals surface area contributed by atoms with E-state index in [-0.39, 0.29) is 23.8 Å². The molecule has 2 nitrogen and oxygen atoms in total. The van der Waals surface area contributed by atoms with Crippen molar-refractivity contribution in [1.29, 1.82) is 0 Å². The van der Waals surface area contributed by atoms with E-state index in [0.717, 1.165) is 11.1 Å². The van der Waals surface area contributed by atoms with Gasteiger partial charge in [0.15, 0.2) is 11.6 Å². The van der Waals surface area contributed by atoms with Crippen LogP contribution < -0.4 is 0 Å². The van der Waals surface area contributed by atoms with E-state index in [1.165, 1.54) is 12.1 Å². The molecule has 112 valence electrons. The van der Waals surface area contributed by atoms with Gasteiger partial charge in [-0.3, -0.25) is 9.59 Å². The number of rotatable bonds is 6. The molecule has 0 unspecified atom stereocenters. The molecule has 1 fully saturated rings. The predicted molar refractivity (Wildman–Crippen MR) is 81.9 cm³/mol. The molecule has 1 aliphatic rings. The number of hydrogen-bond acceptors (Lipinski definition) is 2. The number of ketones is 2. The molecule has 0 aliphatic heterocycles. The maximum absolute atomic E-state index is 12.9. The van der Waals surface area contributed by atoms with Crippen LogP contribution in [-0.4, -0.2) is 11.6 Å². The zero-order valence-corrected chi connectivity index (χ0v) is 12.2. The maximum Gasteiger partial charge on any atom is 0.150 e. The van der Waals surface area contributed by atoms with Gasteiger partial charge in [0.2, 0.25) is 0 Å². The van der Waals surface area contributed by atoms with Crippen molar-refractivity contribution in [2.45, 2.75) is 25.7 Å². The number of carbonyl (C=O) groups excluding carboxylic acids is 2. The van der Waals surface area contributed by atoms with Gasteiger partial charge in [-0.1, -0.05) is 42.5 Å². The topological polar surface area (TPSA) is 34.1 Å². The molecule has 2 aromatic carbocycles. The van der Waals surface area contributed by atoms with Crippen LogP contribution in [0.4, 0.5) is 4.39 Å². The molecular formula is C19H17FO2. The van der Waals surface area contributed by atoms with Gasteiger partial charge in [-0.15, -0.1) is 0 Å². The molecule has 0 atom stereocenters. The van der Waals surface area contributed by atoms with E-state index in [0.29, 0.717) is 19.3 Å². The van der Waals surface area contributed by atoms with Gasteiger partial charge in [0, 0.05) is 12.8 Å². The second kappa shape index (κ2) is 5.84. The summed E-state index contributed by atoms with van der Waals surface area (Å²) in [6, 6.07) is 15.4. The quantitative estimate of drug-likeness (QED) is 0.764. The third-order valence-corrected chi connectivity index (χ3v) is 4.30. The van der Waals surface area contributed by atoms with Crippen molar-refractivity contribution in [1.82, 2.24) is 0 Å². The Balaban J connectivity index is 1.68. The van der Waals surface area contributed by atoms with Crippen LogP contribution in [0.3, 0.4) is 0 Å². The zero-order valence-electron chi connectivity index (χ0n) is 12.2. The minimum atomic E-state index is -0.801. The third kappa shape index (κ3) is 2.98. The molecule has 0 heterocycles. The van der Waals surface area contributed by atoms with Crippen LogP contribution in [-0.2, 0) is 22.4 Å². The molecule has 3 heteroatoms. The van der Waals surface area contributed by atoms with Crippen molar-refractivity contribution in [2.24, 2.45) is 5.41 Å². The standard InChI is InChI=1S/C19H17FO2/c20-16-8-6-15(7-9-16)13-18(22)19(10-11-19)17(21)12-14-4-2-1-3-5-14/h1-9H,10-13H2. The van der Waals surface area contributed by atoms with E-state index >= 15 is 0 Å². The second-order valence-electron chi connectivity index (χ2n) is 5.89. The molecule has 0 aromatic heterocycles. The number of carbonyl (C=O) groups is 2. The summed E-state index contributed by atoms with van der Waals surface area (Å²) < 4.78 is 12.9. The summed E-state index contributed by atoms with van der Waals surface area (Å²) in [4.78, 5) is 25.0. The molecule has 0 spiro atoms. The molecule has 1 saturated carbocycles. The molecule has 22 heavy (non-hydrogen) atoms. The summed E-state index contributed by atoms with van der Waals surface area (Å²) in [5.41, 5.74) is 0.892. The van der Waals surface area contributed by atoms with Crippen LogP contribution in [0, 0.1) is 11.2 Å². The number of Topliss-reactive ketones (excluding diaryl/α,β-unsaturated/α-hetero) is 2. The monoisotopic (exact) mass is 296 g/mol. The van der Waals surface area contributed by atoms with Crippen LogP contribution in [0.2, 0.25) is 0 Å². The van der Waals surface area contributed by atoms with E-state index in [1.54, 1.807) is 12.1 Å². The Labute approximate surface area is 129 Å². The van der Waals surface area contributed by atoms with Gasteiger partial charge >= 0.3 is 0 Å². The molecule has 0 radical (unpaired) electrons. The van der Waals surface area contributed by atoms with E-state index < -0.39 is 5.41 Å². The van der Waals surface area contributed by atoms with Crippen LogP contribution in [0.15, 0.2) is 54.6 Å². The highest BCUT2D eigenvalue weighted by molar-refractivity contribution is 6.10. The summed E-state index contributed by atoms with van der Waals surface area (Å²) in [6.07, 6.45) is 1.77. The summed E-state index contributed by atoms with van der Waals surface area (Å²) in [6.45, 7) is 0. The fourth-order valence-corrected chi connectivity index (χ4v) is 2.75. The van der Waals surface area contributed by atoms with E-state index in [2.05, 4.69) is 0 Å². The fraction of sp³-hybridized carbons (Fsp3) is 0.263. The van der Waals surface area contributed by atoms with Gasteiger partial charge in [0.1, 0.15) is 5.82 Å². The first-order valence-corrected chi connectivity index (χ1v) is 7.45. The Morgan fingerprint density at radius 2 is 1.32 bits per heavy atom. The number of benzene rings is 2. The smallest absolute Gasteiger partial charge is 0.150 e. The average molecular weight is 296 g/mol. The summed E-state index contributed by atoms with van der Waals surface area (Å²) >= 11 is 0. The first-order valence-electron chi connectivity index (χ1n) is 7.45. The van der Waals surface area contributed by atoms with E-state index in [4.69, 9.17) is 0 Å². The summed E-state index contributed by atoms with van der Waals surface area (Å²) in [7, 11) is 0. The molecule has 0 amide bonds. The Morgan fingerprint density at radius 1 is 0.818 bits per heavy atom. The van der Waals surface area contributed by atoms with E-state index in [9.17, 15) is 14.0 Å². The molecule has 0 saturated heterocycles. The van der Waals surface area contributed by atoms with Gasteiger partial charge < -0.3 is 0 Å². The minimum Gasteiger partial charge on any atom is -0.298 e. The van der Waals surface area contributed by atoms with Crippen molar-refractivity contribution >= 4 is 11.6 Å². The van der Waals surface area contributed by atoms with E-state index in [1.807, 2.05) is 30.3 Å². The Kier molecular flexibility index (Phi) is 3.88. The molecule has 2 aromatic rings. The first-order chi connectivity index (χ1) is 10.6. The largest absolute Gasteiger partial charge is 0.298 e. The lowest BCUT2D eigenvalue weighted by Crippen LogP contribution is -2.28. The Hall–Kier alpha value is -2.29. The Morgan fingerprint density at radius 3 is 1.82 bits per heavy atom. The third-order valence-electron chi connectivity index (χ3n) is 4.30. The summed E-state index contributed by atoms with van der Waals surface area (Å²) in [5.74, 6) is -0.358. The normalized spacial score (nSPS) is 15.3. The molecule has 3 rings (SSSR count). The van der Waals surface area contributed by atoms with Gasteiger partial charge in [-0.2, -0.15) is 0 Å². The SMILES string of the molecule is O=C(Cc1ccccc1)C1(C(=O)Cc2ccc(F)cc2)CC1. The van der Waals surface area contributed by atoms with Crippen molar-refractivity contribution in [3.05, 3.63) is 71.5 Å². The number of halogens is 1. The lowest BCUT2D eigenvalue weighted by molar-refractivity contribution is -0.133. The molecule has 0 N–H and O–H groups in total. The maximum atomic E-state index is 12.9. The first kappa shape index (κ1) is 14.6.